The SMILES string of the molecule is COc1ccc([C@@H]2[C@@H](c3n[nH]c(C)n3)OCC(=O)N2C2CC2)cc1. The Kier molecular flexibility index (Phi) is 3.72. The molecule has 0 spiro atoms. The van der Waals surface area contributed by atoms with E-state index in [-0.39, 0.29) is 30.7 Å². The number of carbonyl (C=O) groups excluding carboxylic acids is 1. The summed E-state index contributed by atoms with van der Waals surface area (Å²) in [6.45, 7) is 1.92. The first-order chi connectivity index (χ1) is 11.7. The monoisotopic (exact) mass is 328 g/mol. The van der Waals surface area contributed by atoms with Gasteiger partial charge in [0.05, 0.1) is 13.2 Å². The zero-order valence-electron chi connectivity index (χ0n) is 13.7. The summed E-state index contributed by atoms with van der Waals surface area (Å²) in [5.74, 6) is 2.13. The normalized spacial score (nSPS) is 24.2. The molecule has 4 rings (SSSR count). The van der Waals surface area contributed by atoms with Gasteiger partial charge in [0, 0.05) is 6.04 Å². The molecule has 1 aliphatic heterocycles. The number of amides is 1. The summed E-state index contributed by atoms with van der Waals surface area (Å²) in [5.41, 5.74) is 1.00. The molecule has 2 aliphatic rings. The van der Waals surface area contributed by atoms with Crippen molar-refractivity contribution in [3.05, 3.63) is 41.5 Å². The highest BCUT2D eigenvalue weighted by atomic mass is 16.5. The lowest BCUT2D eigenvalue weighted by Gasteiger charge is -2.40. The van der Waals surface area contributed by atoms with Crippen LogP contribution in [-0.2, 0) is 9.53 Å². The quantitative estimate of drug-likeness (QED) is 0.927. The van der Waals surface area contributed by atoms with E-state index in [0.717, 1.165) is 30.0 Å². The van der Waals surface area contributed by atoms with Crippen LogP contribution in [0.5, 0.6) is 5.75 Å². The number of nitrogens with one attached hydrogen (secondary N) is 1. The van der Waals surface area contributed by atoms with Crippen LogP contribution >= 0.6 is 0 Å². The molecule has 1 saturated heterocycles. The first-order valence-corrected chi connectivity index (χ1v) is 8.13. The van der Waals surface area contributed by atoms with E-state index in [1.165, 1.54) is 0 Å². The number of carbonyl (C=O) groups is 1. The first kappa shape index (κ1) is 15.1. The Labute approximate surface area is 140 Å². The predicted molar refractivity (Wildman–Crippen MR) is 85.4 cm³/mol. The molecular formula is C17H20N4O3. The number of aryl methyl sites for hydroxylation is 1. The summed E-state index contributed by atoms with van der Waals surface area (Å²) in [5, 5.41) is 7.13. The molecule has 1 saturated carbocycles. The van der Waals surface area contributed by atoms with Crippen molar-refractivity contribution in [1.29, 1.82) is 0 Å². The van der Waals surface area contributed by atoms with Crippen molar-refractivity contribution < 1.29 is 14.3 Å². The van der Waals surface area contributed by atoms with Crippen LogP contribution in [-0.4, -0.2) is 45.7 Å². The van der Waals surface area contributed by atoms with Crippen LogP contribution in [0.15, 0.2) is 24.3 Å². The lowest BCUT2D eigenvalue weighted by atomic mass is 9.96. The number of H-pyrrole nitrogens is 1. The van der Waals surface area contributed by atoms with E-state index in [9.17, 15) is 4.79 Å². The lowest BCUT2D eigenvalue weighted by molar-refractivity contribution is -0.160. The van der Waals surface area contributed by atoms with Crippen molar-refractivity contribution in [3.8, 4) is 5.75 Å². The van der Waals surface area contributed by atoms with Gasteiger partial charge in [-0.2, -0.15) is 5.10 Å². The number of ether oxygens (including phenoxy) is 2. The Morgan fingerprint density at radius 3 is 2.62 bits per heavy atom. The fraction of sp³-hybridized carbons (Fsp3) is 0.471. The Balaban J connectivity index is 1.75. The van der Waals surface area contributed by atoms with Gasteiger partial charge in [-0.25, -0.2) is 4.98 Å². The number of benzene rings is 1. The molecule has 7 nitrogen and oxygen atoms in total. The molecule has 1 aromatic carbocycles. The van der Waals surface area contributed by atoms with Gasteiger partial charge in [0.1, 0.15) is 24.3 Å². The maximum absolute atomic E-state index is 12.5. The van der Waals surface area contributed by atoms with Crippen LogP contribution in [0, 0.1) is 6.92 Å². The van der Waals surface area contributed by atoms with Gasteiger partial charge < -0.3 is 14.4 Å². The van der Waals surface area contributed by atoms with Crippen molar-refractivity contribution in [2.75, 3.05) is 13.7 Å². The third kappa shape index (κ3) is 2.65. The first-order valence-electron chi connectivity index (χ1n) is 8.13. The zero-order chi connectivity index (χ0) is 16.7. The fourth-order valence-electron chi connectivity index (χ4n) is 3.25. The minimum Gasteiger partial charge on any atom is -0.497 e. The molecule has 2 aromatic rings. The Hall–Kier alpha value is -2.41. The van der Waals surface area contributed by atoms with Gasteiger partial charge in [0.15, 0.2) is 5.82 Å². The number of aromatic nitrogens is 3. The smallest absolute Gasteiger partial charge is 0.249 e. The minimum atomic E-state index is -0.373. The summed E-state index contributed by atoms with van der Waals surface area (Å²) in [6.07, 6.45) is 1.71. The van der Waals surface area contributed by atoms with Crippen LogP contribution in [0.4, 0.5) is 0 Å². The van der Waals surface area contributed by atoms with Crippen molar-refractivity contribution in [3.63, 3.8) is 0 Å². The molecule has 0 bridgehead atoms. The molecule has 0 unspecified atom stereocenters. The molecule has 1 N–H and O–H groups in total. The summed E-state index contributed by atoms with van der Waals surface area (Å²) in [7, 11) is 1.64. The van der Waals surface area contributed by atoms with Crippen LogP contribution < -0.4 is 4.74 Å². The molecule has 24 heavy (non-hydrogen) atoms. The molecule has 7 heteroatoms. The van der Waals surface area contributed by atoms with E-state index in [1.807, 2.05) is 36.1 Å². The van der Waals surface area contributed by atoms with Gasteiger partial charge >= 0.3 is 0 Å². The molecule has 2 heterocycles. The van der Waals surface area contributed by atoms with Crippen molar-refractivity contribution in [1.82, 2.24) is 20.1 Å². The highest BCUT2D eigenvalue weighted by molar-refractivity contribution is 5.79. The predicted octanol–water partition coefficient (Wildman–Crippen LogP) is 1.93. The maximum atomic E-state index is 12.5. The lowest BCUT2D eigenvalue weighted by Crippen LogP contribution is -2.47. The molecule has 2 atom stereocenters. The summed E-state index contributed by atoms with van der Waals surface area (Å²) < 4.78 is 11.1. The second-order valence-electron chi connectivity index (χ2n) is 6.26. The Morgan fingerprint density at radius 2 is 2.04 bits per heavy atom. The number of methoxy groups -OCH3 is 1. The molecule has 1 aliphatic carbocycles. The Morgan fingerprint density at radius 1 is 1.29 bits per heavy atom. The van der Waals surface area contributed by atoms with E-state index in [0.29, 0.717) is 5.82 Å². The second-order valence-corrected chi connectivity index (χ2v) is 6.26. The second kappa shape index (κ2) is 5.90. The maximum Gasteiger partial charge on any atom is 0.249 e. The van der Waals surface area contributed by atoms with Crippen LogP contribution in [0.3, 0.4) is 0 Å². The van der Waals surface area contributed by atoms with Gasteiger partial charge in [0.25, 0.3) is 0 Å². The van der Waals surface area contributed by atoms with Crippen LogP contribution in [0.25, 0.3) is 0 Å². The van der Waals surface area contributed by atoms with E-state index in [2.05, 4.69) is 15.2 Å². The molecule has 1 amide bonds. The van der Waals surface area contributed by atoms with Crippen LogP contribution in [0.1, 0.15) is 42.2 Å². The molecule has 126 valence electrons. The van der Waals surface area contributed by atoms with E-state index >= 15 is 0 Å². The Bertz CT molecular complexity index is 739. The highest BCUT2D eigenvalue weighted by Crippen LogP contribution is 2.44. The van der Waals surface area contributed by atoms with E-state index in [1.54, 1.807) is 7.11 Å². The van der Waals surface area contributed by atoms with Gasteiger partial charge in [-0.05, 0) is 37.5 Å². The minimum absolute atomic E-state index is 0.0295. The standard InChI is InChI=1S/C17H20N4O3/c1-10-18-17(20-19-10)16-15(11-3-7-13(23-2)8-4-11)21(12-5-6-12)14(22)9-24-16/h3-4,7-8,12,15-16H,5-6,9H2,1-2H3,(H,18,19,20)/t15-,16+/m1/s1. The van der Waals surface area contributed by atoms with Crippen LogP contribution in [0.2, 0.25) is 0 Å². The van der Waals surface area contributed by atoms with E-state index in [4.69, 9.17) is 9.47 Å². The summed E-state index contributed by atoms with van der Waals surface area (Å²) in [4.78, 5) is 18.9. The topological polar surface area (TPSA) is 80.3 Å². The number of nitrogens with zero attached hydrogens (tertiary/aromatic N) is 3. The third-order valence-electron chi connectivity index (χ3n) is 4.53. The molecule has 2 fully saturated rings. The number of morpholine rings is 1. The van der Waals surface area contributed by atoms with Crippen molar-refractivity contribution >= 4 is 5.91 Å². The number of hydrogen-bond acceptors (Lipinski definition) is 5. The average Bonchev–Trinajstić information content (AvgIpc) is 3.35. The molecular weight excluding hydrogens is 308 g/mol. The largest absolute Gasteiger partial charge is 0.497 e. The van der Waals surface area contributed by atoms with Crippen molar-refractivity contribution in [2.24, 2.45) is 0 Å². The van der Waals surface area contributed by atoms with Crippen molar-refractivity contribution in [2.45, 2.75) is 38.0 Å². The molecule has 1 aromatic heterocycles. The van der Waals surface area contributed by atoms with Gasteiger partial charge in [-0.3, -0.25) is 9.89 Å². The van der Waals surface area contributed by atoms with E-state index < -0.39 is 0 Å². The number of rotatable bonds is 4. The van der Waals surface area contributed by atoms with Gasteiger partial charge in [-0.1, -0.05) is 12.1 Å². The van der Waals surface area contributed by atoms with Gasteiger partial charge in [-0.15, -0.1) is 0 Å². The van der Waals surface area contributed by atoms with Gasteiger partial charge in [0.2, 0.25) is 5.91 Å². The number of hydrogen-bond donors (Lipinski definition) is 1. The summed E-state index contributed by atoms with van der Waals surface area (Å²) in [6, 6.07) is 7.83. The fourth-order valence-corrected chi connectivity index (χ4v) is 3.25. The third-order valence-corrected chi connectivity index (χ3v) is 4.53. The molecule has 0 radical (unpaired) electrons. The highest BCUT2D eigenvalue weighted by Gasteiger charge is 2.46. The zero-order valence-corrected chi connectivity index (χ0v) is 13.7. The number of aromatic amines is 1. The average molecular weight is 328 g/mol. The summed E-state index contributed by atoms with van der Waals surface area (Å²) >= 11 is 0.